The maximum Gasteiger partial charge on any atom is 0.287 e. The second kappa shape index (κ2) is 9.53. The molecule has 0 saturated carbocycles. The Morgan fingerprint density at radius 1 is 1.04 bits per heavy atom. The number of hydrogen-bond acceptors (Lipinski definition) is 3. The van der Waals surface area contributed by atoms with E-state index in [1.54, 1.807) is 7.11 Å². The van der Waals surface area contributed by atoms with Gasteiger partial charge in [-0.05, 0) is 25.5 Å². The van der Waals surface area contributed by atoms with Gasteiger partial charge in [-0.1, -0.05) is 42.5 Å². The zero-order chi connectivity index (χ0) is 19.9. The van der Waals surface area contributed by atoms with Crippen LogP contribution < -0.4 is 10.2 Å². The molecule has 28 heavy (non-hydrogen) atoms. The van der Waals surface area contributed by atoms with Crippen molar-refractivity contribution in [3.8, 4) is 0 Å². The Morgan fingerprint density at radius 2 is 1.71 bits per heavy atom. The number of carbonyl (C=O) groups excluding carboxylic acids is 1. The van der Waals surface area contributed by atoms with Crippen molar-refractivity contribution in [1.82, 2.24) is 5.32 Å². The van der Waals surface area contributed by atoms with Gasteiger partial charge in [-0.2, -0.15) is 0 Å². The van der Waals surface area contributed by atoms with Crippen LogP contribution in [0.25, 0.3) is 11.0 Å². The molecule has 1 heterocycles. The van der Waals surface area contributed by atoms with Crippen molar-refractivity contribution < 1.29 is 18.8 Å². The number of amides is 1. The van der Waals surface area contributed by atoms with E-state index in [2.05, 4.69) is 37.4 Å². The number of furan rings is 1. The Hall–Kier alpha value is -2.63. The number of ether oxygens (including phenoxy) is 1. The molecule has 3 aromatic rings. The van der Waals surface area contributed by atoms with Gasteiger partial charge < -0.3 is 19.4 Å². The van der Waals surface area contributed by atoms with Crippen molar-refractivity contribution in [2.45, 2.75) is 33.5 Å². The molecule has 1 amide bonds. The first-order chi connectivity index (χ1) is 13.7. The summed E-state index contributed by atoms with van der Waals surface area (Å²) >= 11 is 0. The molecule has 0 radical (unpaired) electrons. The number of benzene rings is 2. The topological polar surface area (TPSA) is 55.9 Å². The summed E-state index contributed by atoms with van der Waals surface area (Å²) in [6, 6.07) is 15.9. The third-order valence-corrected chi connectivity index (χ3v) is 5.19. The molecular weight excluding hydrogens is 352 g/mol. The Labute approximate surface area is 166 Å². The minimum Gasteiger partial charge on any atom is -0.451 e. The summed E-state index contributed by atoms with van der Waals surface area (Å²) in [6.45, 7) is 8.32. The van der Waals surface area contributed by atoms with Crippen LogP contribution in [0, 0.1) is 0 Å². The highest BCUT2D eigenvalue weighted by Gasteiger charge is 2.20. The normalized spacial score (nSPS) is 11.3. The molecule has 2 N–H and O–H groups in total. The molecule has 0 unspecified atom stereocenters. The molecular formula is C23H29N2O3+. The van der Waals surface area contributed by atoms with E-state index in [4.69, 9.17) is 9.15 Å². The van der Waals surface area contributed by atoms with Crippen LogP contribution in [0.2, 0.25) is 0 Å². The SMILES string of the molecule is CC[NH+](CC)Cc1ccccc1CNC(=O)c1oc2ccccc2c1COC. The van der Waals surface area contributed by atoms with Crippen molar-refractivity contribution in [2.75, 3.05) is 20.2 Å². The summed E-state index contributed by atoms with van der Waals surface area (Å²) in [5.74, 6) is 0.114. The van der Waals surface area contributed by atoms with Gasteiger partial charge in [-0.3, -0.25) is 4.79 Å². The van der Waals surface area contributed by atoms with E-state index in [0.717, 1.165) is 36.1 Å². The van der Waals surface area contributed by atoms with Crippen LogP contribution in [0.3, 0.4) is 0 Å². The lowest BCUT2D eigenvalue weighted by Gasteiger charge is -2.17. The second-order valence-electron chi connectivity index (χ2n) is 6.92. The summed E-state index contributed by atoms with van der Waals surface area (Å²) in [5.41, 5.74) is 3.89. The fraction of sp³-hybridized carbons (Fsp3) is 0.348. The summed E-state index contributed by atoms with van der Waals surface area (Å²) < 4.78 is 11.1. The number of methoxy groups -OCH3 is 1. The Morgan fingerprint density at radius 3 is 2.43 bits per heavy atom. The fourth-order valence-electron chi connectivity index (χ4n) is 3.50. The van der Waals surface area contributed by atoms with Gasteiger partial charge in [-0.25, -0.2) is 0 Å². The maximum absolute atomic E-state index is 12.9. The van der Waals surface area contributed by atoms with Crippen molar-refractivity contribution in [3.63, 3.8) is 0 Å². The summed E-state index contributed by atoms with van der Waals surface area (Å²) in [5, 5.41) is 3.94. The molecule has 0 aliphatic heterocycles. The Balaban J connectivity index is 1.78. The number of carbonyl (C=O) groups is 1. The van der Waals surface area contributed by atoms with Crippen LogP contribution in [0.15, 0.2) is 52.9 Å². The first-order valence-corrected chi connectivity index (χ1v) is 9.85. The molecule has 0 saturated heterocycles. The first kappa shape index (κ1) is 20.1. The van der Waals surface area contributed by atoms with Crippen molar-refractivity contribution in [3.05, 3.63) is 71.0 Å². The van der Waals surface area contributed by atoms with Crippen LogP contribution in [0.4, 0.5) is 0 Å². The molecule has 0 spiro atoms. The minimum atomic E-state index is -0.215. The highest BCUT2D eigenvalue weighted by Crippen LogP contribution is 2.26. The largest absolute Gasteiger partial charge is 0.451 e. The van der Waals surface area contributed by atoms with Gasteiger partial charge in [0.25, 0.3) is 5.91 Å². The van der Waals surface area contributed by atoms with E-state index in [9.17, 15) is 4.79 Å². The van der Waals surface area contributed by atoms with E-state index in [1.165, 1.54) is 10.5 Å². The highest BCUT2D eigenvalue weighted by atomic mass is 16.5. The average molecular weight is 381 g/mol. The first-order valence-electron chi connectivity index (χ1n) is 9.85. The molecule has 0 fully saturated rings. The second-order valence-corrected chi connectivity index (χ2v) is 6.92. The van der Waals surface area contributed by atoms with Gasteiger partial charge >= 0.3 is 0 Å². The number of hydrogen-bond donors (Lipinski definition) is 2. The number of fused-ring (bicyclic) bond motifs is 1. The van der Waals surface area contributed by atoms with Gasteiger partial charge in [0.15, 0.2) is 5.76 Å². The standard InChI is InChI=1S/C23H28N2O3/c1-4-25(5-2)15-18-11-7-6-10-17(18)14-24-23(26)22-20(16-27-3)19-12-8-9-13-21(19)28-22/h6-13H,4-5,14-16H2,1-3H3,(H,24,26)/p+1. The van der Waals surface area contributed by atoms with Gasteiger partial charge in [0.2, 0.25) is 0 Å². The van der Waals surface area contributed by atoms with E-state index in [1.807, 2.05) is 30.3 Å². The molecule has 5 nitrogen and oxygen atoms in total. The number of rotatable bonds is 9. The van der Waals surface area contributed by atoms with Crippen molar-refractivity contribution in [2.24, 2.45) is 0 Å². The third kappa shape index (κ3) is 4.43. The third-order valence-electron chi connectivity index (χ3n) is 5.19. The van der Waals surface area contributed by atoms with Crippen LogP contribution in [-0.4, -0.2) is 26.1 Å². The van der Waals surface area contributed by atoms with Gasteiger partial charge in [0.1, 0.15) is 12.1 Å². The van der Waals surface area contributed by atoms with Gasteiger partial charge in [0.05, 0.1) is 19.7 Å². The monoisotopic (exact) mass is 381 g/mol. The van der Waals surface area contributed by atoms with Crippen molar-refractivity contribution in [1.29, 1.82) is 0 Å². The molecule has 0 bridgehead atoms. The number of para-hydroxylation sites is 1. The predicted molar refractivity (Wildman–Crippen MR) is 110 cm³/mol. The zero-order valence-corrected chi connectivity index (χ0v) is 16.9. The number of quaternary nitrogens is 1. The highest BCUT2D eigenvalue weighted by molar-refractivity contribution is 5.99. The lowest BCUT2D eigenvalue weighted by Crippen LogP contribution is -3.10. The molecule has 0 atom stereocenters. The number of nitrogens with one attached hydrogen (secondary N) is 2. The summed E-state index contributed by atoms with van der Waals surface area (Å²) in [7, 11) is 1.62. The minimum absolute atomic E-state index is 0.215. The quantitative estimate of drug-likeness (QED) is 0.599. The average Bonchev–Trinajstić information content (AvgIpc) is 3.10. The van der Waals surface area contributed by atoms with Crippen LogP contribution in [0.1, 0.15) is 41.1 Å². The summed E-state index contributed by atoms with van der Waals surface area (Å²) in [6.07, 6.45) is 0. The molecule has 3 rings (SSSR count). The Bertz CT molecular complexity index is 928. The van der Waals surface area contributed by atoms with E-state index >= 15 is 0 Å². The molecule has 2 aromatic carbocycles. The molecule has 0 aliphatic rings. The summed E-state index contributed by atoms with van der Waals surface area (Å²) in [4.78, 5) is 14.4. The lowest BCUT2D eigenvalue weighted by molar-refractivity contribution is -0.910. The lowest BCUT2D eigenvalue weighted by atomic mass is 10.1. The van der Waals surface area contributed by atoms with Crippen LogP contribution in [-0.2, 0) is 24.4 Å². The zero-order valence-electron chi connectivity index (χ0n) is 16.9. The van der Waals surface area contributed by atoms with E-state index in [0.29, 0.717) is 24.5 Å². The van der Waals surface area contributed by atoms with Gasteiger partial charge in [0, 0.05) is 30.2 Å². The van der Waals surface area contributed by atoms with Gasteiger partial charge in [-0.15, -0.1) is 0 Å². The van der Waals surface area contributed by atoms with E-state index in [-0.39, 0.29) is 5.91 Å². The van der Waals surface area contributed by atoms with Crippen LogP contribution in [0.5, 0.6) is 0 Å². The molecule has 148 valence electrons. The smallest absolute Gasteiger partial charge is 0.287 e. The van der Waals surface area contributed by atoms with Crippen LogP contribution >= 0.6 is 0 Å². The van der Waals surface area contributed by atoms with E-state index < -0.39 is 0 Å². The fourth-order valence-corrected chi connectivity index (χ4v) is 3.50. The molecule has 1 aromatic heterocycles. The maximum atomic E-state index is 12.9. The molecule has 5 heteroatoms. The predicted octanol–water partition coefficient (Wildman–Crippen LogP) is 2.93. The molecule has 0 aliphatic carbocycles. The van der Waals surface area contributed by atoms with Crippen molar-refractivity contribution >= 4 is 16.9 Å². The Kier molecular flexibility index (Phi) is 6.85.